The minimum atomic E-state index is 0.915. The molecule has 0 atom stereocenters. The molecule has 0 aliphatic carbocycles. The van der Waals surface area contributed by atoms with Crippen molar-refractivity contribution in [2.24, 2.45) is 0 Å². The average molecular weight is 124 g/mol. The van der Waals surface area contributed by atoms with E-state index in [2.05, 4.69) is 23.5 Å². The molecule has 0 aliphatic heterocycles. The van der Waals surface area contributed by atoms with Crippen LogP contribution in [0, 0.1) is 11.2 Å². The molecule has 42 valence electrons. The first kappa shape index (κ1) is 7.43. The van der Waals surface area contributed by atoms with E-state index in [1.807, 2.05) is 6.92 Å². The van der Waals surface area contributed by atoms with Crippen LogP contribution in [-0.4, -0.2) is 0 Å². The molecule has 0 aromatic rings. The highest BCUT2D eigenvalue weighted by molar-refractivity contribution is 8.06. The van der Waals surface area contributed by atoms with E-state index in [0.29, 0.717) is 0 Å². The maximum atomic E-state index is 3.39. The Labute approximate surface area is 54.7 Å². The molecule has 0 aliphatic rings. The van der Waals surface area contributed by atoms with E-state index in [1.165, 1.54) is 11.8 Å². The van der Waals surface area contributed by atoms with Gasteiger partial charge in [0.05, 0.1) is 0 Å². The summed E-state index contributed by atoms with van der Waals surface area (Å²) in [6, 6.07) is 0. The fourth-order valence-corrected chi connectivity index (χ4v) is 0.555. The smallest absolute Gasteiger partial charge is 0.0253 e. The van der Waals surface area contributed by atoms with E-state index >= 15 is 0 Å². The summed E-state index contributed by atoms with van der Waals surface area (Å²) in [5.41, 5.74) is 2.61. The Morgan fingerprint density at radius 1 is 1.75 bits per heavy atom. The predicted molar refractivity (Wildman–Crippen MR) is 39.4 cm³/mol. The Kier molecular flexibility index (Phi) is 5.97. The number of hydrogen-bond acceptors (Lipinski definition) is 1. The van der Waals surface area contributed by atoms with Gasteiger partial charge in [-0.1, -0.05) is 19.4 Å². The van der Waals surface area contributed by atoms with Crippen LogP contribution >= 0.6 is 11.8 Å². The van der Waals surface area contributed by atoms with Crippen LogP contribution in [0.4, 0.5) is 0 Å². The second-order valence-electron chi connectivity index (χ2n) is 1.07. The molecule has 0 spiro atoms. The van der Waals surface area contributed by atoms with E-state index in [-0.39, 0.29) is 0 Å². The number of thioether (sulfide) groups is 1. The summed E-state index contributed by atoms with van der Waals surface area (Å²) in [4.78, 5) is 0. The molecule has 0 saturated heterocycles. The number of rotatable bonds is 1. The number of hydrogen-bond donors (Lipinski definition) is 0. The van der Waals surface area contributed by atoms with Crippen molar-refractivity contribution in [2.45, 2.75) is 13.3 Å². The van der Waals surface area contributed by atoms with Gasteiger partial charge in [-0.05, 0) is 17.0 Å². The molecule has 1 heteroatoms. The summed E-state index contributed by atoms with van der Waals surface area (Å²) < 4.78 is 0. The van der Waals surface area contributed by atoms with Crippen molar-refractivity contribution in [1.29, 1.82) is 0 Å². The standard InChI is InChI=1S/C7H8S/c1-3-5-7-8-6-4-2/h6H,2-3H2,1H3. The molecule has 0 bridgehead atoms. The first-order chi connectivity index (χ1) is 3.91. The maximum absolute atomic E-state index is 3.39. The summed E-state index contributed by atoms with van der Waals surface area (Å²) in [7, 11) is 0. The lowest BCUT2D eigenvalue weighted by molar-refractivity contribution is 1.28. The molecule has 0 amide bonds. The first-order valence-corrected chi connectivity index (χ1v) is 3.27. The van der Waals surface area contributed by atoms with Crippen molar-refractivity contribution in [3.8, 4) is 11.2 Å². The summed E-state index contributed by atoms with van der Waals surface area (Å²) in [5.74, 6) is 2.90. The van der Waals surface area contributed by atoms with Crippen molar-refractivity contribution in [2.75, 3.05) is 0 Å². The Morgan fingerprint density at radius 3 is 3.00 bits per heavy atom. The zero-order valence-corrected chi connectivity index (χ0v) is 5.72. The third-order valence-electron chi connectivity index (χ3n) is 0.450. The Balaban J connectivity index is 3.29. The third kappa shape index (κ3) is 5.43. The van der Waals surface area contributed by atoms with Gasteiger partial charge < -0.3 is 0 Å². The van der Waals surface area contributed by atoms with Crippen molar-refractivity contribution >= 4 is 11.8 Å². The van der Waals surface area contributed by atoms with E-state index in [1.54, 1.807) is 5.41 Å². The minimum absolute atomic E-state index is 0.915. The Bertz CT molecular complexity index is 142. The highest BCUT2D eigenvalue weighted by Crippen LogP contribution is 1.95. The minimum Gasteiger partial charge on any atom is -0.121 e. The lowest BCUT2D eigenvalue weighted by Gasteiger charge is -1.68. The molecule has 0 radical (unpaired) electrons. The fourth-order valence-electron chi connectivity index (χ4n) is 0.185. The van der Waals surface area contributed by atoms with Gasteiger partial charge in [0.15, 0.2) is 0 Å². The lowest BCUT2D eigenvalue weighted by Crippen LogP contribution is -1.47. The van der Waals surface area contributed by atoms with Crippen molar-refractivity contribution in [3.63, 3.8) is 0 Å². The average Bonchev–Trinajstić information content (AvgIpc) is 1.81. The molecule has 0 fully saturated rings. The fraction of sp³-hybridized carbons (Fsp3) is 0.286. The summed E-state index contributed by atoms with van der Waals surface area (Å²) in [5, 5.41) is 4.58. The van der Waals surface area contributed by atoms with Gasteiger partial charge in [0, 0.05) is 11.8 Å². The molecule has 8 heavy (non-hydrogen) atoms. The van der Waals surface area contributed by atoms with Crippen LogP contribution in [0.25, 0.3) is 0 Å². The Morgan fingerprint density at radius 2 is 2.50 bits per heavy atom. The van der Waals surface area contributed by atoms with Gasteiger partial charge in [0.1, 0.15) is 0 Å². The predicted octanol–water partition coefficient (Wildman–Crippen LogP) is 2.39. The first-order valence-electron chi connectivity index (χ1n) is 2.39. The van der Waals surface area contributed by atoms with Crippen LogP contribution < -0.4 is 0 Å². The topological polar surface area (TPSA) is 0 Å². The highest BCUT2D eigenvalue weighted by Gasteiger charge is 1.62. The third-order valence-corrected chi connectivity index (χ3v) is 0.997. The quantitative estimate of drug-likeness (QED) is 0.382. The highest BCUT2D eigenvalue weighted by atomic mass is 32.2. The van der Waals surface area contributed by atoms with Gasteiger partial charge in [-0.25, -0.2) is 0 Å². The van der Waals surface area contributed by atoms with Crippen LogP contribution in [0.3, 0.4) is 0 Å². The van der Waals surface area contributed by atoms with E-state index in [4.69, 9.17) is 0 Å². The molecule has 0 saturated carbocycles. The molecule has 0 rings (SSSR count). The molecular weight excluding hydrogens is 116 g/mol. The van der Waals surface area contributed by atoms with Gasteiger partial charge in [-0.2, -0.15) is 0 Å². The van der Waals surface area contributed by atoms with Crippen molar-refractivity contribution < 1.29 is 0 Å². The lowest BCUT2D eigenvalue weighted by atomic mass is 10.5. The van der Waals surface area contributed by atoms with Crippen LogP contribution in [-0.2, 0) is 0 Å². The van der Waals surface area contributed by atoms with E-state index in [0.717, 1.165) is 6.42 Å². The van der Waals surface area contributed by atoms with E-state index < -0.39 is 0 Å². The SMILES string of the molecule is C=C=CSC#CCC. The molecule has 0 N–H and O–H groups in total. The molecule has 0 aromatic heterocycles. The van der Waals surface area contributed by atoms with Crippen molar-refractivity contribution in [3.05, 3.63) is 17.7 Å². The second-order valence-corrected chi connectivity index (χ2v) is 1.75. The summed E-state index contributed by atoms with van der Waals surface area (Å²) in [6.07, 6.45) is 0.915. The summed E-state index contributed by atoms with van der Waals surface area (Å²) in [6.45, 7) is 5.41. The zero-order chi connectivity index (χ0) is 6.24. The molecular formula is C7H8S. The van der Waals surface area contributed by atoms with Crippen molar-refractivity contribution in [1.82, 2.24) is 0 Å². The zero-order valence-electron chi connectivity index (χ0n) is 4.90. The summed E-state index contributed by atoms with van der Waals surface area (Å²) >= 11 is 1.42. The van der Waals surface area contributed by atoms with Gasteiger partial charge in [0.25, 0.3) is 0 Å². The molecule has 0 nitrogen and oxygen atoms in total. The molecule has 0 heterocycles. The maximum Gasteiger partial charge on any atom is 0.0253 e. The van der Waals surface area contributed by atoms with Crippen LogP contribution in [0.15, 0.2) is 17.7 Å². The van der Waals surface area contributed by atoms with Gasteiger partial charge >= 0.3 is 0 Å². The second kappa shape index (κ2) is 6.43. The van der Waals surface area contributed by atoms with Gasteiger partial charge in [0.2, 0.25) is 0 Å². The van der Waals surface area contributed by atoms with Crippen LogP contribution in [0.5, 0.6) is 0 Å². The Hall–Kier alpha value is -0.570. The monoisotopic (exact) mass is 124 g/mol. The van der Waals surface area contributed by atoms with E-state index in [9.17, 15) is 0 Å². The van der Waals surface area contributed by atoms with Gasteiger partial charge in [-0.15, -0.1) is 5.73 Å². The molecule has 0 unspecified atom stereocenters. The van der Waals surface area contributed by atoms with Gasteiger partial charge in [-0.3, -0.25) is 0 Å². The largest absolute Gasteiger partial charge is 0.121 e. The van der Waals surface area contributed by atoms with Crippen LogP contribution in [0.1, 0.15) is 13.3 Å². The molecule has 0 aromatic carbocycles. The van der Waals surface area contributed by atoms with Crippen LogP contribution in [0.2, 0.25) is 0 Å². The normalized spacial score (nSPS) is 6.12.